The molecule has 3 rings (SSSR count). The molecule has 1 heterocycles. The maximum Gasteiger partial charge on any atom is 0.324 e. The second-order valence-corrected chi connectivity index (χ2v) is 10.9. The first-order chi connectivity index (χ1) is 17.0. The molecule has 0 amide bonds. The van der Waals surface area contributed by atoms with Crippen molar-refractivity contribution < 1.29 is 41.4 Å². The monoisotopic (exact) mass is 535 g/mol. The van der Waals surface area contributed by atoms with E-state index in [1.807, 2.05) is 0 Å². The van der Waals surface area contributed by atoms with E-state index in [1.54, 1.807) is 0 Å². The molecule has 0 unspecified atom stereocenters. The highest BCUT2D eigenvalue weighted by molar-refractivity contribution is 7.93. The van der Waals surface area contributed by atoms with E-state index >= 15 is 0 Å². The molecule has 0 fully saturated rings. The molecule has 0 radical (unpaired) electrons. The van der Waals surface area contributed by atoms with Crippen LogP contribution >= 0.6 is 0 Å². The van der Waals surface area contributed by atoms with Crippen LogP contribution in [0.5, 0.6) is 5.75 Å². The molecular weight excluding hydrogens is 514 g/mol. The summed E-state index contributed by atoms with van der Waals surface area (Å²) in [5.41, 5.74) is -0.159. The molecular formula is C22H21N3O9S2. The molecule has 3 aromatic rings. The molecule has 0 bridgehead atoms. The van der Waals surface area contributed by atoms with Crippen LogP contribution in [0.3, 0.4) is 0 Å². The predicted molar refractivity (Wildman–Crippen MR) is 128 cm³/mol. The van der Waals surface area contributed by atoms with Crippen LogP contribution in [-0.2, 0) is 29.6 Å². The molecule has 0 aliphatic heterocycles. The molecule has 2 aromatic carbocycles. The SMILES string of the molecule is COc1ccc(S(=O)(=O)N(CC(=O)O)c2ccc(N(CC(=O)O)S(=O)(=O)c3cccnc3)cc2)cc1. The van der Waals surface area contributed by atoms with Crippen LogP contribution < -0.4 is 13.3 Å². The molecule has 190 valence electrons. The van der Waals surface area contributed by atoms with Crippen LogP contribution in [0.4, 0.5) is 11.4 Å². The number of sulfonamides is 2. The maximum absolute atomic E-state index is 13.2. The number of pyridine rings is 1. The van der Waals surface area contributed by atoms with E-state index < -0.39 is 45.1 Å². The molecule has 12 nitrogen and oxygen atoms in total. The number of hydrogen-bond acceptors (Lipinski definition) is 8. The average molecular weight is 536 g/mol. The van der Waals surface area contributed by atoms with Crippen LogP contribution in [-0.4, -0.2) is 64.2 Å². The van der Waals surface area contributed by atoms with Crippen molar-refractivity contribution in [3.05, 3.63) is 73.1 Å². The summed E-state index contributed by atoms with van der Waals surface area (Å²) in [4.78, 5) is 26.2. The third kappa shape index (κ3) is 5.72. The van der Waals surface area contributed by atoms with Gasteiger partial charge in [0.05, 0.1) is 23.4 Å². The fraction of sp³-hybridized carbons (Fsp3) is 0.136. The Morgan fingerprint density at radius 2 is 1.25 bits per heavy atom. The summed E-state index contributed by atoms with van der Waals surface area (Å²) in [5, 5.41) is 18.6. The Hall–Kier alpha value is -4.17. The van der Waals surface area contributed by atoms with Gasteiger partial charge >= 0.3 is 11.9 Å². The lowest BCUT2D eigenvalue weighted by Gasteiger charge is -2.25. The van der Waals surface area contributed by atoms with Gasteiger partial charge in [-0.15, -0.1) is 0 Å². The highest BCUT2D eigenvalue weighted by atomic mass is 32.2. The Morgan fingerprint density at radius 1 is 0.778 bits per heavy atom. The minimum atomic E-state index is -4.33. The number of rotatable bonds is 11. The van der Waals surface area contributed by atoms with Gasteiger partial charge in [-0.25, -0.2) is 16.8 Å². The molecule has 1 aromatic heterocycles. The standard InChI is InChI=1S/C22H21N3O9S2/c1-34-18-8-10-19(11-9-18)35(30,31)24(14-21(26)27)16-4-6-17(7-5-16)25(15-22(28)29)36(32,33)20-3-2-12-23-13-20/h2-13H,14-15H2,1H3,(H,26,27)(H,28,29). The smallest absolute Gasteiger partial charge is 0.324 e. The van der Waals surface area contributed by atoms with E-state index in [1.165, 1.54) is 74.0 Å². The number of carboxylic acids is 2. The number of anilines is 2. The van der Waals surface area contributed by atoms with Gasteiger partial charge in [0.15, 0.2) is 0 Å². The number of nitrogens with zero attached hydrogens (tertiary/aromatic N) is 3. The molecule has 36 heavy (non-hydrogen) atoms. The molecule has 0 spiro atoms. The zero-order chi connectivity index (χ0) is 26.5. The third-order valence-corrected chi connectivity index (χ3v) is 8.40. The zero-order valence-corrected chi connectivity index (χ0v) is 20.4. The Balaban J connectivity index is 2.03. The van der Waals surface area contributed by atoms with Gasteiger partial charge in [-0.2, -0.15) is 0 Å². The van der Waals surface area contributed by atoms with Crippen LogP contribution in [0.25, 0.3) is 0 Å². The number of ether oxygens (including phenoxy) is 1. The van der Waals surface area contributed by atoms with Crippen molar-refractivity contribution in [2.24, 2.45) is 0 Å². The van der Waals surface area contributed by atoms with E-state index in [4.69, 9.17) is 4.74 Å². The summed E-state index contributed by atoms with van der Waals surface area (Å²) < 4.78 is 58.8. The summed E-state index contributed by atoms with van der Waals surface area (Å²) in [5.74, 6) is -2.46. The topological polar surface area (TPSA) is 171 Å². The van der Waals surface area contributed by atoms with Crippen molar-refractivity contribution in [2.45, 2.75) is 9.79 Å². The average Bonchev–Trinajstić information content (AvgIpc) is 2.86. The summed E-state index contributed by atoms with van der Waals surface area (Å²) in [6.07, 6.45) is 2.42. The third-order valence-electron chi connectivity index (χ3n) is 4.85. The molecule has 14 heteroatoms. The van der Waals surface area contributed by atoms with Gasteiger partial charge in [0.25, 0.3) is 20.0 Å². The maximum atomic E-state index is 13.2. The largest absolute Gasteiger partial charge is 0.497 e. The van der Waals surface area contributed by atoms with Crippen LogP contribution in [0.2, 0.25) is 0 Å². The van der Waals surface area contributed by atoms with E-state index in [0.29, 0.717) is 14.4 Å². The lowest BCUT2D eigenvalue weighted by molar-refractivity contribution is -0.136. The van der Waals surface area contributed by atoms with Crippen molar-refractivity contribution in [1.29, 1.82) is 0 Å². The van der Waals surface area contributed by atoms with E-state index in [9.17, 15) is 36.6 Å². The Labute approximate surface area is 207 Å². The first-order valence-corrected chi connectivity index (χ1v) is 13.0. The van der Waals surface area contributed by atoms with Gasteiger partial charge in [-0.05, 0) is 60.7 Å². The van der Waals surface area contributed by atoms with E-state index in [0.717, 1.165) is 6.20 Å². The highest BCUT2D eigenvalue weighted by Crippen LogP contribution is 2.29. The second-order valence-electron chi connectivity index (χ2n) is 7.19. The first-order valence-electron chi connectivity index (χ1n) is 10.1. The van der Waals surface area contributed by atoms with Crippen LogP contribution in [0.1, 0.15) is 0 Å². The van der Waals surface area contributed by atoms with Crippen molar-refractivity contribution >= 4 is 43.4 Å². The van der Waals surface area contributed by atoms with Gasteiger partial charge in [0.1, 0.15) is 23.7 Å². The summed E-state index contributed by atoms with van der Waals surface area (Å²) in [6, 6.07) is 12.7. The van der Waals surface area contributed by atoms with Crippen molar-refractivity contribution in [2.75, 3.05) is 28.8 Å². The zero-order valence-electron chi connectivity index (χ0n) is 18.8. The highest BCUT2D eigenvalue weighted by Gasteiger charge is 2.30. The minimum Gasteiger partial charge on any atom is -0.497 e. The Kier molecular flexibility index (Phi) is 7.80. The Bertz CT molecular complexity index is 1440. The number of carboxylic acid groups (broad SMARTS) is 2. The minimum absolute atomic E-state index is 0.0778. The normalized spacial score (nSPS) is 11.5. The van der Waals surface area contributed by atoms with Gasteiger partial charge in [0.2, 0.25) is 0 Å². The van der Waals surface area contributed by atoms with Gasteiger partial charge < -0.3 is 14.9 Å². The molecule has 0 aliphatic carbocycles. The molecule has 0 aliphatic rings. The molecule has 0 saturated carbocycles. The predicted octanol–water partition coefficient (Wildman–Crippen LogP) is 1.65. The van der Waals surface area contributed by atoms with Gasteiger partial charge in [-0.1, -0.05) is 0 Å². The number of carbonyl (C=O) groups is 2. The van der Waals surface area contributed by atoms with Gasteiger partial charge in [0, 0.05) is 12.4 Å². The summed E-state index contributed by atoms with van der Waals surface area (Å²) >= 11 is 0. The van der Waals surface area contributed by atoms with Gasteiger partial charge in [-0.3, -0.25) is 23.2 Å². The number of aliphatic carboxylic acids is 2. The fourth-order valence-electron chi connectivity index (χ4n) is 3.16. The molecule has 0 atom stereocenters. The van der Waals surface area contributed by atoms with Crippen molar-refractivity contribution in [3.63, 3.8) is 0 Å². The van der Waals surface area contributed by atoms with E-state index in [-0.39, 0.29) is 21.2 Å². The quantitative estimate of drug-likeness (QED) is 0.368. The number of benzene rings is 2. The Morgan fingerprint density at radius 3 is 1.64 bits per heavy atom. The van der Waals surface area contributed by atoms with E-state index in [2.05, 4.69) is 4.98 Å². The summed E-state index contributed by atoms with van der Waals surface area (Å²) in [7, 11) is -7.26. The lowest BCUT2D eigenvalue weighted by atomic mass is 10.2. The van der Waals surface area contributed by atoms with Crippen molar-refractivity contribution in [1.82, 2.24) is 4.98 Å². The van der Waals surface area contributed by atoms with Crippen molar-refractivity contribution in [3.8, 4) is 5.75 Å². The summed E-state index contributed by atoms with van der Waals surface area (Å²) in [6.45, 7) is -1.83. The molecule has 0 saturated heterocycles. The van der Waals surface area contributed by atoms with Crippen LogP contribution in [0, 0.1) is 0 Å². The van der Waals surface area contributed by atoms with Crippen LogP contribution in [0.15, 0.2) is 82.8 Å². The lowest BCUT2D eigenvalue weighted by Crippen LogP contribution is -2.37. The number of methoxy groups -OCH3 is 1. The molecule has 2 N–H and O–H groups in total. The number of aromatic nitrogens is 1. The second kappa shape index (κ2) is 10.6. The fourth-order valence-corrected chi connectivity index (χ4v) is 5.96. The number of hydrogen-bond donors (Lipinski definition) is 2. The first kappa shape index (κ1) is 26.4.